The Kier molecular flexibility index (Phi) is 4.77. The maximum absolute atomic E-state index is 12.9. The van der Waals surface area contributed by atoms with Crippen LogP contribution in [0.1, 0.15) is 0 Å². The highest BCUT2D eigenvalue weighted by Gasteiger charge is 2.18. The molecule has 132 valence electrons. The van der Waals surface area contributed by atoms with E-state index in [9.17, 15) is 4.79 Å². The Bertz CT molecular complexity index is 1100. The Morgan fingerprint density at radius 3 is 2.38 bits per heavy atom. The van der Waals surface area contributed by atoms with E-state index < -0.39 is 0 Å². The number of halogens is 1. The van der Waals surface area contributed by atoms with Gasteiger partial charge in [-0.2, -0.15) is 0 Å². The number of hydrogen-bond acceptors (Lipinski definition) is 5. The lowest BCUT2D eigenvalue weighted by Gasteiger charge is -2.09. The summed E-state index contributed by atoms with van der Waals surface area (Å²) in [5, 5.41) is 4.56. The number of methoxy groups -OCH3 is 1. The normalized spacial score (nSPS) is 10.5. The SMILES string of the molecule is COc1ccc(-c2cc3onc(-c4ccncc4)c3c(=O)n2C)cc1.Cl. The van der Waals surface area contributed by atoms with Crippen molar-refractivity contribution in [1.82, 2.24) is 14.7 Å². The van der Waals surface area contributed by atoms with E-state index in [0.717, 1.165) is 22.6 Å². The van der Waals surface area contributed by atoms with Gasteiger partial charge in [0, 0.05) is 31.1 Å². The quantitative estimate of drug-likeness (QED) is 0.551. The smallest absolute Gasteiger partial charge is 0.264 e. The molecule has 6 nitrogen and oxygen atoms in total. The average Bonchev–Trinajstić information content (AvgIpc) is 3.09. The molecule has 0 amide bonds. The maximum Gasteiger partial charge on any atom is 0.264 e. The number of hydrogen-bond donors (Lipinski definition) is 0. The third kappa shape index (κ3) is 2.84. The number of aromatic nitrogens is 3. The van der Waals surface area contributed by atoms with E-state index in [0.29, 0.717) is 16.7 Å². The summed E-state index contributed by atoms with van der Waals surface area (Å²) in [5.41, 5.74) is 3.26. The molecule has 1 aromatic carbocycles. The van der Waals surface area contributed by atoms with Gasteiger partial charge < -0.3 is 13.8 Å². The molecule has 0 saturated carbocycles. The van der Waals surface area contributed by atoms with Crippen molar-refractivity contribution < 1.29 is 9.26 Å². The minimum Gasteiger partial charge on any atom is -0.497 e. The molecule has 7 heteroatoms. The molecule has 4 rings (SSSR count). The fourth-order valence-electron chi connectivity index (χ4n) is 2.85. The number of pyridine rings is 2. The average molecular weight is 370 g/mol. The van der Waals surface area contributed by atoms with Gasteiger partial charge in [-0.05, 0) is 42.0 Å². The maximum atomic E-state index is 12.9. The van der Waals surface area contributed by atoms with Crippen LogP contribution in [0, 0.1) is 0 Å². The second-order valence-electron chi connectivity index (χ2n) is 5.63. The van der Waals surface area contributed by atoms with Crippen LogP contribution < -0.4 is 10.3 Å². The van der Waals surface area contributed by atoms with Crippen LogP contribution in [-0.2, 0) is 7.05 Å². The second-order valence-corrected chi connectivity index (χ2v) is 5.63. The molecule has 0 saturated heterocycles. The summed E-state index contributed by atoms with van der Waals surface area (Å²) in [6.07, 6.45) is 3.32. The predicted molar refractivity (Wildman–Crippen MR) is 102 cm³/mol. The number of nitrogens with zero attached hydrogens (tertiary/aromatic N) is 3. The zero-order valence-electron chi connectivity index (χ0n) is 14.2. The first-order valence-electron chi connectivity index (χ1n) is 7.73. The van der Waals surface area contributed by atoms with Gasteiger partial charge in [-0.25, -0.2) is 0 Å². The van der Waals surface area contributed by atoms with Crippen molar-refractivity contribution in [2.75, 3.05) is 7.11 Å². The van der Waals surface area contributed by atoms with Crippen LogP contribution in [0.3, 0.4) is 0 Å². The van der Waals surface area contributed by atoms with Crippen molar-refractivity contribution in [2.45, 2.75) is 0 Å². The summed E-state index contributed by atoms with van der Waals surface area (Å²) < 4.78 is 12.2. The zero-order chi connectivity index (χ0) is 17.4. The molecule has 0 atom stereocenters. The molecule has 0 unspecified atom stereocenters. The highest BCUT2D eigenvalue weighted by molar-refractivity contribution is 5.92. The lowest BCUT2D eigenvalue weighted by molar-refractivity contribution is 0.415. The van der Waals surface area contributed by atoms with Crippen LogP contribution in [0.5, 0.6) is 5.75 Å². The van der Waals surface area contributed by atoms with Gasteiger partial charge in [0.2, 0.25) is 0 Å². The molecule has 0 N–H and O–H groups in total. The largest absolute Gasteiger partial charge is 0.497 e. The molecule has 0 aliphatic heterocycles. The van der Waals surface area contributed by atoms with Crippen molar-refractivity contribution in [3.8, 4) is 28.3 Å². The van der Waals surface area contributed by atoms with E-state index in [2.05, 4.69) is 10.1 Å². The molecule has 0 fully saturated rings. The summed E-state index contributed by atoms with van der Waals surface area (Å²) in [6, 6.07) is 12.9. The molecule has 0 aliphatic carbocycles. The molecule has 0 spiro atoms. The van der Waals surface area contributed by atoms with Gasteiger partial charge in [-0.1, -0.05) is 5.16 Å². The first kappa shape index (κ1) is 17.7. The lowest BCUT2D eigenvalue weighted by atomic mass is 10.1. The summed E-state index contributed by atoms with van der Waals surface area (Å²) >= 11 is 0. The van der Waals surface area contributed by atoms with E-state index >= 15 is 0 Å². The van der Waals surface area contributed by atoms with Gasteiger partial charge >= 0.3 is 0 Å². The number of ether oxygens (including phenoxy) is 1. The minimum atomic E-state index is -0.156. The molecular formula is C19H16ClN3O3. The molecule has 4 aromatic rings. The van der Waals surface area contributed by atoms with Crippen molar-refractivity contribution in [3.05, 3.63) is 65.2 Å². The Labute approximate surface area is 155 Å². The van der Waals surface area contributed by atoms with Crippen molar-refractivity contribution in [1.29, 1.82) is 0 Å². The fourth-order valence-corrected chi connectivity index (χ4v) is 2.85. The van der Waals surface area contributed by atoms with E-state index in [1.165, 1.54) is 0 Å². The summed E-state index contributed by atoms with van der Waals surface area (Å²) in [5.74, 6) is 0.759. The van der Waals surface area contributed by atoms with Crippen LogP contribution in [0.4, 0.5) is 0 Å². The van der Waals surface area contributed by atoms with Crippen LogP contribution in [0.2, 0.25) is 0 Å². The van der Waals surface area contributed by atoms with E-state index in [1.54, 1.807) is 43.3 Å². The molecule has 26 heavy (non-hydrogen) atoms. The Balaban J connectivity index is 0.00000196. The van der Waals surface area contributed by atoms with Crippen molar-refractivity contribution >= 4 is 23.4 Å². The number of fused-ring (bicyclic) bond motifs is 1. The van der Waals surface area contributed by atoms with Crippen LogP contribution in [-0.4, -0.2) is 21.8 Å². The molecule has 0 bridgehead atoms. The highest BCUT2D eigenvalue weighted by atomic mass is 35.5. The van der Waals surface area contributed by atoms with Crippen molar-refractivity contribution in [2.24, 2.45) is 7.05 Å². The molecule has 3 heterocycles. The van der Waals surface area contributed by atoms with Crippen LogP contribution >= 0.6 is 12.4 Å². The molecule has 0 aliphatic rings. The van der Waals surface area contributed by atoms with E-state index in [4.69, 9.17) is 9.26 Å². The Morgan fingerprint density at radius 2 is 1.73 bits per heavy atom. The van der Waals surface area contributed by atoms with E-state index in [-0.39, 0.29) is 18.0 Å². The standard InChI is InChI=1S/C19H15N3O3.ClH/c1-22-15(12-3-5-14(24-2)6-4-12)11-16-17(19(22)23)18(21-25-16)13-7-9-20-10-8-13;/h3-11H,1-2H3;1H. The van der Waals surface area contributed by atoms with Gasteiger partial charge in [0.25, 0.3) is 5.56 Å². The predicted octanol–water partition coefficient (Wildman–Crippen LogP) is 3.69. The fraction of sp³-hybridized carbons (Fsp3) is 0.105. The summed E-state index contributed by atoms with van der Waals surface area (Å²) in [6.45, 7) is 0. The summed E-state index contributed by atoms with van der Waals surface area (Å²) in [7, 11) is 3.36. The first-order valence-corrected chi connectivity index (χ1v) is 7.73. The number of rotatable bonds is 3. The lowest BCUT2D eigenvalue weighted by Crippen LogP contribution is -2.18. The molecular weight excluding hydrogens is 354 g/mol. The van der Waals surface area contributed by atoms with Gasteiger partial charge in [-0.15, -0.1) is 12.4 Å². The van der Waals surface area contributed by atoms with Crippen LogP contribution in [0.15, 0.2) is 64.2 Å². The monoisotopic (exact) mass is 369 g/mol. The third-order valence-corrected chi connectivity index (χ3v) is 4.21. The second kappa shape index (κ2) is 7.01. The van der Waals surface area contributed by atoms with Gasteiger partial charge in [0.1, 0.15) is 16.8 Å². The van der Waals surface area contributed by atoms with Gasteiger partial charge in [0.05, 0.1) is 12.8 Å². The van der Waals surface area contributed by atoms with Crippen LogP contribution in [0.25, 0.3) is 33.5 Å². The van der Waals surface area contributed by atoms with E-state index in [1.807, 2.05) is 30.3 Å². The third-order valence-electron chi connectivity index (χ3n) is 4.21. The van der Waals surface area contributed by atoms with Gasteiger partial charge in [0.15, 0.2) is 5.58 Å². The van der Waals surface area contributed by atoms with Gasteiger partial charge in [-0.3, -0.25) is 9.78 Å². The number of benzene rings is 1. The zero-order valence-corrected chi connectivity index (χ0v) is 15.0. The molecule has 3 aromatic heterocycles. The highest BCUT2D eigenvalue weighted by Crippen LogP contribution is 2.29. The first-order chi connectivity index (χ1) is 12.2. The Hall–Kier alpha value is -3.12. The summed E-state index contributed by atoms with van der Waals surface area (Å²) in [4.78, 5) is 16.9. The minimum absolute atomic E-state index is 0. The Morgan fingerprint density at radius 1 is 1.04 bits per heavy atom. The topological polar surface area (TPSA) is 70.2 Å². The van der Waals surface area contributed by atoms with Crippen molar-refractivity contribution in [3.63, 3.8) is 0 Å². The molecule has 0 radical (unpaired) electrons.